The van der Waals surface area contributed by atoms with Gasteiger partial charge in [-0.1, -0.05) is 0 Å². The predicted molar refractivity (Wildman–Crippen MR) is 75.7 cm³/mol. The van der Waals surface area contributed by atoms with Crippen LogP contribution >= 0.6 is 0 Å². The number of aliphatic hydroxyl groups is 2. The number of nitrogens with zero attached hydrogens (tertiary/aromatic N) is 2. The van der Waals surface area contributed by atoms with E-state index in [0.29, 0.717) is 11.6 Å². The average molecular weight is 280 g/mol. The molecule has 0 aliphatic carbocycles. The van der Waals surface area contributed by atoms with E-state index in [1.54, 1.807) is 12.1 Å². The Balaban J connectivity index is 2.21. The second-order valence-corrected chi connectivity index (χ2v) is 5.08. The van der Waals surface area contributed by atoms with Gasteiger partial charge in [-0.15, -0.1) is 0 Å². The van der Waals surface area contributed by atoms with Gasteiger partial charge in [0.25, 0.3) is 5.69 Å². The summed E-state index contributed by atoms with van der Waals surface area (Å²) in [6.45, 7) is 0.768. The lowest BCUT2D eigenvalue weighted by atomic mass is 10.1. The predicted octanol–water partition coefficient (Wildman–Crippen LogP) is 1.83. The Morgan fingerprint density at radius 1 is 1.40 bits per heavy atom. The maximum Gasteiger partial charge on any atom is 0.275 e. The summed E-state index contributed by atoms with van der Waals surface area (Å²) < 4.78 is 0. The quantitative estimate of drug-likeness (QED) is 0.613. The van der Waals surface area contributed by atoms with Gasteiger partial charge in [-0.2, -0.15) is 0 Å². The Labute approximate surface area is 117 Å². The number of nitro benzene ring substituents is 1. The summed E-state index contributed by atoms with van der Waals surface area (Å²) in [5, 5.41) is 29.1. The van der Waals surface area contributed by atoms with Gasteiger partial charge in [-0.25, -0.2) is 0 Å². The maximum atomic E-state index is 10.9. The zero-order chi connectivity index (χ0) is 14.5. The molecule has 0 spiro atoms. The summed E-state index contributed by atoms with van der Waals surface area (Å²) in [6, 6.07) is 5.28. The fourth-order valence-electron chi connectivity index (χ4n) is 2.86. The monoisotopic (exact) mass is 280 g/mol. The van der Waals surface area contributed by atoms with Crippen LogP contribution in [0.1, 0.15) is 31.2 Å². The molecule has 1 aliphatic rings. The van der Waals surface area contributed by atoms with E-state index in [1.165, 1.54) is 6.07 Å². The molecule has 1 aromatic carbocycles. The molecule has 1 atom stereocenters. The highest BCUT2D eigenvalue weighted by Gasteiger charge is 2.25. The minimum absolute atomic E-state index is 0.0395. The Morgan fingerprint density at radius 3 is 2.85 bits per heavy atom. The average Bonchev–Trinajstić information content (AvgIpc) is 2.92. The van der Waals surface area contributed by atoms with E-state index in [-0.39, 0.29) is 18.9 Å². The third-order valence-corrected chi connectivity index (χ3v) is 3.83. The molecule has 0 bridgehead atoms. The Bertz CT molecular complexity index is 478. The van der Waals surface area contributed by atoms with Gasteiger partial charge in [0.1, 0.15) is 0 Å². The zero-order valence-corrected chi connectivity index (χ0v) is 11.4. The van der Waals surface area contributed by atoms with Crippen LogP contribution in [0.2, 0.25) is 0 Å². The number of nitro groups is 1. The van der Waals surface area contributed by atoms with Crippen LogP contribution in [-0.4, -0.2) is 34.3 Å². The summed E-state index contributed by atoms with van der Waals surface area (Å²) >= 11 is 0. The van der Waals surface area contributed by atoms with Crippen LogP contribution in [0.3, 0.4) is 0 Å². The van der Waals surface area contributed by atoms with Crippen molar-refractivity contribution in [3.8, 4) is 0 Å². The molecular formula is C14H20N2O4. The lowest BCUT2D eigenvalue weighted by molar-refractivity contribution is -0.385. The number of anilines is 1. The molecule has 1 aromatic rings. The molecule has 20 heavy (non-hydrogen) atoms. The van der Waals surface area contributed by atoms with Gasteiger partial charge in [0.2, 0.25) is 0 Å². The molecule has 1 fully saturated rings. The van der Waals surface area contributed by atoms with Gasteiger partial charge in [0, 0.05) is 30.9 Å². The lowest BCUT2D eigenvalue weighted by Crippen LogP contribution is -2.29. The smallest absolute Gasteiger partial charge is 0.275 e. The second-order valence-electron chi connectivity index (χ2n) is 5.08. The van der Waals surface area contributed by atoms with Crippen molar-refractivity contribution < 1.29 is 15.1 Å². The number of benzene rings is 1. The van der Waals surface area contributed by atoms with Crippen LogP contribution in [0.15, 0.2) is 18.2 Å². The van der Waals surface area contributed by atoms with Crippen molar-refractivity contribution in [2.45, 2.75) is 38.3 Å². The molecule has 1 saturated heterocycles. The molecule has 2 N–H and O–H groups in total. The Hall–Kier alpha value is -1.66. The normalized spacial score (nSPS) is 18.5. The third kappa shape index (κ3) is 3.08. The van der Waals surface area contributed by atoms with Crippen molar-refractivity contribution in [3.05, 3.63) is 33.9 Å². The molecule has 1 unspecified atom stereocenters. The van der Waals surface area contributed by atoms with E-state index in [2.05, 4.69) is 4.90 Å². The van der Waals surface area contributed by atoms with E-state index in [0.717, 1.165) is 37.9 Å². The molecule has 110 valence electrons. The van der Waals surface area contributed by atoms with Gasteiger partial charge in [-0.05, 0) is 37.8 Å². The van der Waals surface area contributed by atoms with Gasteiger partial charge in [-0.3, -0.25) is 10.1 Å². The Morgan fingerprint density at radius 2 is 2.20 bits per heavy atom. The van der Waals surface area contributed by atoms with Gasteiger partial charge in [0.15, 0.2) is 0 Å². The first-order valence-electron chi connectivity index (χ1n) is 6.93. The summed E-state index contributed by atoms with van der Waals surface area (Å²) in [5.74, 6) is 0. The van der Waals surface area contributed by atoms with Crippen LogP contribution in [0.5, 0.6) is 0 Å². The van der Waals surface area contributed by atoms with Gasteiger partial charge in [0.05, 0.1) is 17.1 Å². The van der Waals surface area contributed by atoms with E-state index in [4.69, 9.17) is 5.11 Å². The molecule has 1 aliphatic heterocycles. The van der Waals surface area contributed by atoms with Gasteiger partial charge < -0.3 is 15.1 Å². The molecule has 0 radical (unpaired) electrons. The molecular weight excluding hydrogens is 260 g/mol. The third-order valence-electron chi connectivity index (χ3n) is 3.83. The highest BCUT2D eigenvalue weighted by molar-refractivity contribution is 5.56. The van der Waals surface area contributed by atoms with Crippen molar-refractivity contribution in [1.29, 1.82) is 0 Å². The van der Waals surface area contributed by atoms with Crippen molar-refractivity contribution >= 4 is 11.4 Å². The SMILES string of the molecule is O=[N+]([O-])c1ccc(N2CCCC2CCCO)cc1CO. The maximum absolute atomic E-state index is 10.9. The molecule has 6 nitrogen and oxygen atoms in total. The van der Waals surface area contributed by atoms with Crippen molar-refractivity contribution in [3.63, 3.8) is 0 Å². The highest BCUT2D eigenvalue weighted by Crippen LogP contribution is 2.31. The van der Waals surface area contributed by atoms with Crippen LogP contribution in [-0.2, 0) is 6.61 Å². The number of hydrogen-bond acceptors (Lipinski definition) is 5. The van der Waals surface area contributed by atoms with Crippen molar-refractivity contribution in [2.75, 3.05) is 18.1 Å². The standard InChI is InChI=1S/C14H20N2O4/c17-8-2-4-12-3-1-7-15(12)13-5-6-14(16(19)20)11(9-13)10-18/h5-6,9,12,17-18H,1-4,7-8,10H2. The minimum Gasteiger partial charge on any atom is -0.396 e. The molecule has 2 rings (SSSR count). The first kappa shape index (κ1) is 14.7. The fourth-order valence-corrected chi connectivity index (χ4v) is 2.86. The zero-order valence-electron chi connectivity index (χ0n) is 11.4. The largest absolute Gasteiger partial charge is 0.396 e. The van der Waals surface area contributed by atoms with Crippen molar-refractivity contribution in [1.82, 2.24) is 0 Å². The topological polar surface area (TPSA) is 86.8 Å². The van der Waals surface area contributed by atoms with Gasteiger partial charge >= 0.3 is 0 Å². The lowest BCUT2D eigenvalue weighted by Gasteiger charge is -2.27. The van der Waals surface area contributed by atoms with Crippen LogP contribution < -0.4 is 4.90 Å². The number of rotatable bonds is 6. The number of hydrogen-bond donors (Lipinski definition) is 2. The highest BCUT2D eigenvalue weighted by atomic mass is 16.6. The summed E-state index contributed by atoms with van der Waals surface area (Å²) in [4.78, 5) is 12.6. The Kier molecular flexibility index (Phi) is 4.92. The summed E-state index contributed by atoms with van der Waals surface area (Å²) in [6.07, 6.45) is 3.84. The second kappa shape index (κ2) is 6.67. The number of aliphatic hydroxyl groups excluding tert-OH is 2. The minimum atomic E-state index is -0.470. The van der Waals surface area contributed by atoms with Crippen LogP contribution in [0, 0.1) is 10.1 Å². The summed E-state index contributed by atoms with van der Waals surface area (Å²) in [7, 11) is 0. The van der Waals surface area contributed by atoms with Crippen molar-refractivity contribution in [2.24, 2.45) is 0 Å². The fraction of sp³-hybridized carbons (Fsp3) is 0.571. The first-order valence-corrected chi connectivity index (χ1v) is 6.93. The molecule has 0 saturated carbocycles. The molecule has 1 heterocycles. The van der Waals surface area contributed by atoms with Crippen LogP contribution in [0.25, 0.3) is 0 Å². The first-order chi connectivity index (χ1) is 9.67. The van der Waals surface area contributed by atoms with E-state index >= 15 is 0 Å². The van der Waals surface area contributed by atoms with E-state index in [1.807, 2.05) is 0 Å². The molecule has 6 heteroatoms. The molecule has 0 amide bonds. The van der Waals surface area contributed by atoms with Crippen LogP contribution in [0.4, 0.5) is 11.4 Å². The summed E-state index contributed by atoms with van der Waals surface area (Å²) in [5.41, 5.74) is 1.22. The molecule has 0 aromatic heterocycles. The van der Waals surface area contributed by atoms with E-state index in [9.17, 15) is 15.2 Å². The van der Waals surface area contributed by atoms with E-state index < -0.39 is 4.92 Å².